The Hall–Kier alpha value is -2.01. The highest BCUT2D eigenvalue weighted by Gasteiger charge is 2.26. The van der Waals surface area contributed by atoms with Crippen molar-refractivity contribution in [3.63, 3.8) is 0 Å². The maximum atomic E-state index is 12.8. The van der Waals surface area contributed by atoms with Crippen molar-refractivity contribution in [1.29, 1.82) is 0 Å². The molecule has 2 aliphatic rings. The van der Waals surface area contributed by atoms with Gasteiger partial charge in [0.05, 0.1) is 25.0 Å². The van der Waals surface area contributed by atoms with E-state index < -0.39 is 0 Å². The Bertz CT molecular complexity index is 619. The van der Waals surface area contributed by atoms with Gasteiger partial charge in [-0.25, -0.2) is 0 Å². The second-order valence-electron chi connectivity index (χ2n) is 7.61. The number of carbonyl (C=O) groups excluding carboxylic acids is 1. The molecular formula is C22H34N2O3. The summed E-state index contributed by atoms with van der Waals surface area (Å²) in [5.74, 6) is 1.10. The van der Waals surface area contributed by atoms with Crippen molar-refractivity contribution in [3.8, 4) is 0 Å². The molecule has 27 heavy (non-hydrogen) atoms. The molecule has 0 spiro atoms. The zero-order chi connectivity index (χ0) is 19.8. The van der Waals surface area contributed by atoms with Gasteiger partial charge < -0.3 is 20.1 Å². The van der Waals surface area contributed by atoms with Crippen LogP contribution >= 0.6 is 0 Å². The molecule has 5 heteroatoms. The summed E-state index contributed by atoms with van der Waals surface area (Å²) < 4.78 is 6.07. The van der Waals surface area contributed by atoms with E-state index in [2.05, 4.69) is 11.9 Å². The second-order valence-corrected chi connectivity index (χ2v) is 7.61. The van der Waals surface area contributed by atoms with E-state index in [4.69, 9.17) is 4.74 Å². The minimum absolute atomic E-state index is 0.0787. The van der Waals surface area contributed by atoms with Crippen molar-refractivity contribution >= 4 is 5.91 Å². The second kappa shape index (κ2) is 10.4. The molecule has 1 atom stereocenters. The van der Waals surface area contributed by atoms with Gasteiger partial charge in [-0.05, 0) is 56.8 Å². The first-order chi connectivity index (χ1) is 13.0. The molecule has 5 nitrogen and oxygen atoms in total. The van der Waals surface area contributed by atoms with Crippen LogP contribution < -0.4 is 5.32 Å². The van der Waals surface area contributed by atoms with E-state index >= 15 is 0 Å². The van der Waals surface area contributed by atoms with E-state index in [9.17, 15) is 9.90 Å². The van der Waals surface area contributed by atoms with Gasteiger partial charge in [-0.2, -0.15) is 0 Å². The first kappa shape index (κ1) is 21.3. The number of amides is 1. The number of carbonyl (C=O) groups is 1. The third-order valence-electron chi connectivity index (χ3n) is 5.24. The number of nitrogens with one attached hydrogen (secondary N) is 1. The predicted molar refractivity (Wildman–Crippen MR) is 108 cm³/mol. The van der Waals surface area contributed by atoms with Crippen molar-refractivity contribution in [2.24, 2.45) is 5.92 Å². The normalized spacial score (nSPS) is 18.7. The van der Waals surface area contributed by atoms with Crippen LogP contribution in [0.4, 0.5) is 0 Å². The molecule has 0 aromatic carbocycles. The summed E-state index contributed by atoms with van der Waals surface area (Å²) in [6.45, 7) is 10.5. The Kier molecular flexibility index (Phi) is 8.17. The lowest BCUT2D eigenvalue weighted by Gasteiger charge is -2.31. The van der Waals surface area contributed by atoms with E-state index in [1.165, 1.54) is 32.1 Å². The topological polar surface area (TPSA) is 61.8 Å². The maximum Gasteiger partial charge on any atom is 0.268 e. The molecule has 0 aromatic rings. The van der Waals surface area contributed by atoms with Gasteiger partial charge in [0.1, 0.15) is 11.5 Å². The third-order valence-corrected chi connectivity index (χ3v) is 5.24. The van der Waals surface area contributed by atoms with Gasteiger partial charge >= 0.3 is 0 Å². The van der Waals surface area contributed by atoms with Gasteiger partial charge in [0.2, 0.25) is 0 Å². The SMILES string of the molecule is C=C1C(OCC2CCCCC2)=CC=CN1C(C(=O)NC(CC)CO)=C(C)C. The Balaban J connectivity index is 2.06. The van der Waals surface area contributed by atoms with Gasteiger partial charge in [0.25, 0.3) is 5.91 Å². The minimum Gasteiger partial charge on any atom is -0.491 e. The van der Waals surface area contributed by atoms with Crippen LogP contribution in [0.25, 0.3) is 0 Å². The van der Waals surface area contributed by atoms with E-state index in [0.717, 1.165) is 5.57 Å². The maximum absolute atomic E-state index is 12.8. The van der Waals surface area contributed by atoms with Crippen molar-refractivity contribution in [2.45, 2.75) is 65.3 Å². The quantitative estimate of drug-likeness (QED) is 0.631. The molecular weight excluding hydrogens is 340 g/mol. The van der Waals surface area contributed by atoms with E-state index in [1.54, 1.807) is 4.90 Å². The number of rotatable bonds is 8. The molecule has 1 fully saturated rings. The first-order valence-electron chi connectivity index (χ1n) is 10.1. The molecule has 1 aliphatic carbocycles. The number of aliphatic hydroxyl groups excluding tert-OH is 1. The number of aliphatic hydroxyl groups is 1. The lowest BCUT2D eigenvalue weighted by atomic mass is 9.90. The van der Waals surface area contributed by atoms with Gasteiger partial charge in [0.15, 0.2) is 0 Å². The van der Waals surface area contributed by atoms with Crippen LogP contribution in [0.5, 0.6) is 0 Å². The largest absolute Gasteiger partial charge is 0.491 e. The molecule has 0 saturated heterocycles. The summed E-state index contributed by atoms with van der Waals surface area (Å²) in [6.07, 6.45) is 12.6. The van der Waals surface area contributed by atoms with E-state index in [0.29, 0.717) is 36.1 Å². The number of hydrogen-bond acceptors (Lipinski definition) is 4. The van der Waals surface area contributed by atoms with E-state index in [1.807, 2.05) is 39.1 Å². The molecule has 0 bridgehead atoms. The van der Waals surface area contributed by atoms with Crippen LogP contribution in [0.3, 0.4) is 0 Å². The summed E-state index contributed by atoms with van der Waals surface area (Å²) in [5, 5.41) is 12.3. The fourth-order valence-electron chi connectivity index (χ4n) is 3.53. The molecule has 0 radical (unpaired) electrons. The predicted octanol–water partition coefficient (Wildman–Crippen LogP) is 3.99. The van der Waals surface area contributed by atoms with Gasteiger partial charge in [-0.3, -0.25) is 4.79 Å². The van der Waals surface area contributed by atoms with E-state index in [-0.39, 0.29) is 18.6 Å². The Morgan fingerprint density at radius 2 is 2.07 bits per heavy atom. The van der Waals surface area contributed by atoms with Crippen LogP contribution in [0.1, 0.15) is 59.3 Å². The lowest BCUT2D eigenvalue weighted by molar-refractivity contribution is -0.119. The van der Waals surface area contributed by atoms with Crippen LogP contribution in [0.15, 0.2) is 47.7 Å². The van der Waals surface area contributed by atoms with Crippen molar-refractivity contribution in [1.82, 2.24) is 10.2 Å². The summed E-state index contributed by atoms with van der Waals surface area (Å²) >= 11 is 0. The highest BCUT2D eigenvalue weighted by molar-refractivity contribution is 5.94. The Labute approximate surface area is 163 Å². The fourth-order valence-corrected chi connectivity index (χ4v) is 3.53. The molecule has 1 aliphatic heterocycles. The number of hydrogen-bond donors (Lipinski definition) is 2. The fraction of sp³-hybridized carbons (Fsp3) is 0.591. The van der Waals surface area contributed by atoms with Crippen molar-refractivity contribution < 1.29 is 14.6 Å². The molecule has 1 heterocycles. The Morgan fingerprint density at radius 3 is 2.67 bits per heavy atom. The molecule has 2 N–H and O–H groups in total. The standard InChI is InChI=1S/C22H34N2O3/c1-5-19(14-25)23-22(26)21(16(2)3)24-13-9-12-20(17(24)4)27-15-18-10-7-6-8-11-18/h9,12-13,18-19,25H,4-8,10-11,14-15H2,1-3H3,(H,23,26). The number of ether oxygens (including phenoxy) is 1. The van der Waals surface area contributed by atoms with Crippen LogP contribution in [0, 0.1) is 5.92 Å². The summed E-state index contributed by atoms with van der Waals surface area (Å²) in [7, 11) is 0. The first-order valence-corrected chi connectivity index (χ1v) is 10.1. The summed E-state index contributed by atoms with van der Waals surface area (Å²) in [4.78, 5) is 14.6. The lowest BCUT2D eigenvalue weighted by Crippen LogP contribution is -2.41. The molecule has 1 amide bonds. The van der Waals surface area contributed by atoms with Crippen molar-refractivity contribution in [2.75, 3.05) is 13.2 Å². The van der Waals surface area contributed by atoms with Crippen LogP contribution in [0.2, 0.25) is 0 Å². The monoisotopic (exact) mass is 374 g/mol. The van der Waals surface area contributed by atoms with Gasteiger partial charge in [-0.15, -0.1) is 0 Å². The average Bonchev–Trinajstić information content (AvgIpc) is 2.67. The molecule has 2 rings (SSSR count). The Morgan fingerprint density at radius 1 is 1.37 bits per heavy atom. The summed E-state index contributed by atoms with van der Waals surface area (Å²) in [5.41, 5.74) is 2.06. The molecule has 0 aromatic heterocycles. The van der Waals surface area contributed by atoms with Gasteiger partial charge in [-0.1, -0.05) is 32.8 Å². The number of nitrogens with zero attached hydrogens (tertiary/aromatic N) is 1. The van der Waals surface area contributed by atoms with Crippen LogP contribution in [-0.4, -0.2) is 35.2 Å². The average molecular weight is 375 g/mol. The summed E-state index contributed by atoms with van der Waals surface area (Å²) in [6, 6.07) is -0.258. The highest BCUT2D eigenvalue weighted by atomic mass is 16.5. The molecule has 150 valence electrons. The van der Waals surface area contributed by atoms with Gasteiger partial charge in [0, 0.05) is 6.20 Å². The molecule has 1 unspecified atom stereocenters. The smallest absolute Gasteiger partial charge is 0.268 e. The zero-order valence-corrected chi connectivity index (χ0v) is 17.0. The number of allylic oxidation sites excluding steroid dienone is 3. The van der Waals surface area contributed by atoms with Crippen LogP contribution in [-0.2, 0) is 9.53 Å². The molecule has 1 saturated carbocycles. The minimum atomic E-state index is -0.258. The van der Waals surface area contributed by atoms with Crippen molar-refractivity contribution in [3.05, 3.63) is 47.7 Å². The third kappa shape index (κ3) is 5.73. The highest BCUT2D eigenvalue weighted by Crippen LogP contribution is 2.29. The zero-order valence-electron chi connectivity index (χ0n) is 17.0.